The first-order valence-corrected chi connectivity index (χ1v) is 2.99. The fourth-order valence-corrected chi connectivity index (χ4v) is 0.180. The zero-order valence-corrected chi connectivity index (χ0v) is 6.23. The third-order valence-corrected chi connectivity index (χ3v) is 0.574. The van der Waals surface area contributed by atoms with Gasteiger partial charge in [0.15, 0.2) is 0 Å². The van der Waals surface area contributed by atoms with Crippen molar-refractivity contribution in [2.75, 3.05) is 0 Å². The van der Waals surface area contributed by atoms with Crippen LogP contribution in [0.5, 0.6) is 0 Å². The Morgan fingerprint density at radius 3 is 1.78 bits per heavy atom. The van der Waals surface area contributed by atoms with Crippen molar-refractivity contribution in [3.63, 3.8) is 0 Å². The Hall–Kier alpha value is -0.920. The Labute approximate surface area is 56.6 Å². The summed E-state index contributed by atoms with van der Waals surface area (Å²) in [5, 5.41) is 13.1. The summed E-state index contributed by atoms with van der Waals surface area (Å²) in [6.45, 7) is 5.78. The maximum absolute atomic E-state index is 6.62. The lowest BCUT2D eigenvalue weighted by atomic mass is 10.3. The Balaban J connectivity index is 0. The van der Waals surface area contributed by atoms with Gasteiger partial charge < -0.3 is 10.8 Å². The standard InChI is InChI=1S/C5H8N2.C2H6/c1-5(4-7)2-3-6;1-2/h2-4,6-7H,1H3;1-2H3/b5-2-,6-3?,7-4?;. The van der Waals surface area contributed by atoms with Crippen LogP contribution in [0.4, 0.5) is 0 Å². The number of hydrogen-bond donors (Lipinski definition) is 2. The number of nitrogens with one attached hydrogen (secondary N) is 2. The first-order chi connectivity index (χ1) is 4.31. The van der Waals surface area contributed by atoms with Gasteiger partial charge in [-0.2, -0.15) is 0 Å². The number of hydrogen-bond acceptors (Lipinski definition) is 2. The predicted octanol–water partition coefficient (Wildman–Crippen LogP) is 2.26. The molecule has 0 aliphatic rings. The number of allylic oxidation sites excluding steroid dienone is 2. The third-order valence-electron chi connectivity index (χ3n) is 0.574. The molecule has 0 aliphatic carbocycles. The Morgan fingerprint density at radius 1 is 1.22 bits per heavy atom. The molecule has 0 radical (unpaired) electrons. The molecular formula is C7H14N2. The average molecular weight is 126 g/mol. The summed E-state index contributed by atoms with van der Waals surface area (Å²) >= 11 is 0. The van der Waals surface area contributed by atoms with Gasteiger partial charge in [0.1, 0.15) is 0 Å². The van der Waals surface area contributed by atoms with Gasteiger partial charge in [0, 0.05) is 12.4 Å². The predicted molar refractivity (Wildman–Crippen MR) is 42.7 cm³/mol. The van der Waals surface area contributed by atoms with Gasteiger partial charge in [-0.05, 0) is 18.6 Å². The van der Waals surface area contributed by atoms with Crippen LogP contribution in [0.3, 0.4) is 0 Å². The van der Waals surface area contributed by atoms with Gasteiger partial charge in [-0.3, -0.25) is 0 Å². The van der Waals surface area contributed by atoms with Crippen molar-refractivity contribution in [1.82, 2.24) is 0 Å². The molecule has 0 fully saturated rings. The van der Waals surface area contributed by atoms with E-state index in [2.05, 4.69) is 0 Å². The molecule has 2 nitrogen and oxygen atoms in total. The van der Waals surface area contributed by atoms with E-state index in [4.69, 9.17) is 10.8 Å². The molecular weight excluding hydrogens is 112 g/mol. The summed E-state index contributed by atoms with van der Waals surface area (Å²) < 4.78 is 0. The highest BCUT2D eigenvalue weighted by Crippen LogP contribution is 1.79. The normalized spacial score (nSPS) is 9.00. The zero-order chi connectivity index (χ0) is 7.70. The largest absolute Gasteiger partial charge is 0.309 e. The third kappa shape index (κ3) is 11.0. The van der Waals surface area contributed by atoms with E-state index in [0.717, 1.165) is 5.57 Å². The minimum absolute atomic E-state index is 0.801. The molecule has 0 saturated carbocycles. The van der Waals surface area contributed by atoms with E-state index in [1.807, 2.05) is 13.8 Å². The van der Waals surface area contributed by atoms with E-state index in [1.54, 1.807) is 13.0 Å². The molecule has 0 amide bonds. The highest BCUT2D eigenvalue weighted by molar-refractivity contribution is 5.83. The molecule has 0 unspecified atom stereocenters. The lowest BCUT2D eigenvalue weighted by molar-refractivity contribution is 1.50. The van der Waals surface area contributed by atoms with Crippen LogP contribution in [0.15, 0.2) is 11.6 Å². The smallest absolute Gasteiger partial charge is 0.0207 e. The Kier molecular flexibility index (Phi) is 12.3. The highest BCUT2D eigenvalue weighted by Gasteiger charge is 1.71. The summed E-state index contributed by atoms with van der Waals surface area (Å²) in [5.74, 6) is 0. The van der Waals surface area contributed by atoms with Crippen molar-refractivity contribution >= 4 is 12.4 Å². The maximum atomic E-state index is 6.62. The minimum atomic E-state index is 0.801. The van der Waals surface area contributed by atoms with Crippen molar-refractivity contribution in [2.45, 2.75) is 20.8 Å². The van der Waals surface area contributed by atoms with Gasteiger partial charge in [-0.15, -0.1) is 0 Å². The Bertz CT molecular complexity index is 103. The molecule has 0 aromatic heterocycles. The average Bonchev–Trinajstić information content (AvgIpc) is 1.93. The quantitative estimate of drug-likeness (QED) is 0.533. The molecule has 0 heterocycles. The van der Waals surface area contributed by atoms with Crippen LogP contribution in [0.2, 0.25) is 0 Å². The van der Waals surface area contributed by atoms with Crippen LogP contribution in [-0.2, 0) is 0 Å². The molecule has 0 aromatic carbocycles. The second kappa shape index (κ2) is 10.1. The molecule has 0 aliphatic heterocycles. The summed E-state index contributed by atoms with van der Waals surface area (Å²) in [7, 11) is 0. The van der Waals surface area contributed by atoms with Gasteiger partial charge in [0.25, 0.3) is 0 Å². The number of rotatable bonds is 2. The fraction of sp³-hybridized carbons (Fsp3) is 0.429. The highest BCUT2D eigenvalue weighted by atomic mass is 14.3. The fourth-order valence-electron chi connectivity index (χ4n) is 0.180. The molecule has 0 atom stereocenters. The monoisotopic (exact) mass is 126 g/mol. The van der Waals surface area contributed by atoms with E-state index in [9.17, 15) is 0 Å². The molecule has 0 bridgehead atoms. The van der Waals surface area contributed by atoms with E-state index in [1.165, 1.54) is 12.4 Å². The molecule has 0 spiro atoms. The van der Waals surface area contributed by atoms with Crippen molar-refractivity contribution < 1.29 is 0 Å². The molecule has 0 aromatic rings. The maximum Gasteiger partial charge on any atom is 0.0207 e. The summed E-state index contributed by atoms with van der Waals surface area (Å²) in [5.41, 5.74) is 0.801. The Morgan fingerprint density at radius 2 is 1.67 bits per heavy atom. The van der Waals surface area contributed by atoms with Gasteiger partial charge in [-0.25, -0.2) is 0 Å². The molecule has 0 rings (SSSR count). The molecule has 2 N–H and O–H groups in total. The van der Waals surface area contributed by atoms with Gasteiger partial charge in [-0.1, -0.05) is 13.8 Å². The van der Waals surface area contributed by atoms with Crippen LogP contribution in [0.25, 0.3) is 0 Å². The van der Waals surface area contributed by atoms with Crippen molar-refractivity contribution in [2.24, 2.45) is 0 Å². The summed E-state index contributed by atoms with van der Waals surface area (Å²) in [6, 6.07) is 0. The molecule has 9 heavy (non-hydrogen) atoms. The van der Waals surface area contributed by atoms with Gasteiger partial charge in [0.2, 0.25) is 0 Å². The molecule has 52 valence electrons. The second-order valence-electron chi connectivity index (χ2n) is 1.22. The van der Waals surface area contributed by atoms with Crippen LogP contribution in [-0.4, -0.2) is 12.4 Å². The summed E-state index contributed by atoms with van der Waals surface area (Å²) in [4.78, 5) is 0. The first kappa shape index (κ1) is 11.0. The van der Waals surface area contributed by atoms with E-state index < -0.39 is 0 Å². The van der Waals surface area contributed by atoms with E-state index >= 15 is 0 Å². The topological polar surface area (TPSA) is 47.7 Å². The van der Waals surface area contributed by atoms with Crippen LogP contribution in [0.1, 0.15) is 20.8 Å². The minimum Gasteiger partial charge on any atom is -0.309 e. The van der Waals surface area contributed by atoms with Crippen molar-refractivity contribution in [1.29, 1.82) is 10.8 Å². The zero-order valence-electron chi connectivity index (χ0n) is 6.23. The van der Waals surface area contributed by atoms with Crippen LogP contribution >= 0.6 is 0 Å². The van der Waals surface area contributed by atoms with E-state index in [0.29, 0.717) is 0 Å². The van der Waals surface area contributed by atoms with Gasteiger partial charge in [0.05, 0.1) is 0 Å². The first-order valence-electron chi connectivity index (χ1n) is 2.99. The van der Waals surface area contributed by atoms with Crippen LogP contribution < -0.4 is 0 Å². The molecule has 2 heteroatoms. The summed E-state index contributed by atoms with van der Waals surface area (Å²) in [6.07, 6.45) is 3.94. The molecule has 0 saturated heterocycles. The second-order valence-corrected chi connectivity index (χ2v) is 1.22. The van der Waals surface area contributed by atoms with Crippen molar-refractivity contribution in [3.8, 4) is 0 Å². The van der Waals surface area contributed by atoms with Crippen molar-refractivity contribution in [3.05, 3.63) is 11.6 Å². The SMILES string of the molecule is C/C(C=N)=C/C=N.CC. The van der Waals surface area contributed by atoms with Gasteiger partial charge >= 0.3 is 0 Å². The van der Waals surface area contributed by atoms with Crippen LogP contribution in [0, 0.1) is 10.8 Å². The lowest BCUT2D eigenvalue weighted by Gasteiger charge is -1.77. The lowest BCUT2D eigenvalue weighted by Crippen LogP contribution is -1.72. The van der Waals surface area contributed by atoms with E-state index in [-0.39, 0.29) is 0 Å².